The average Bonchev–Trinajstić information content (AvgIpc) is 2.37. The zero-order valence-electron chi connectivity index (χ0n) is 10.8. The number of hydrogen-bond donors (Lipinski definition) is 2. The highest BCUT2D eigenvalue weighted by Gasteiger charge is 2.16. The van der Waals surface area contributed by atoms with Crippen LogP contribution in [0.1, 0.15) is 48.2 Å². The van der Waals surface area contributed by atoms with Gasteiger partial charge in [-0.1, -0.05) is 26.3 Å². The zero-order valence-corrected chi connectivity index (χ0v) is 10.8. The summed E-state index contributed by atoms with van der Waals surface area (Å²) in [4.78, 5) is 26.4. The molecule has 0 aromatic carbocycles. The molecule has 0 saturated carbocycles. The summed E-state index contributed by atoms with van der Waals surface area (Å²) in [7, 11) is 0. The number of pyridine rings is 1. The van der Waals surface area contributed by atoms with Gasteiger partial charge in [-0.15, -0.1) is 0 Å². The molecule has 0 saturated heterocycles. The molecule has 0 aliphatic carbocycles. The molecule has 2 atom stereocenters. The molecule has 1 heterocycles. The fourth-order valence-corrected chi connectivity index (χ4v) is 1.46. The average molecular weight is 250 g/mol. The van der Waals surface area contributed by atoms with Crippen LogP contribution in [-0.2, 0) is 0 Å². The number of nitrogens with one attached hydrogen (secondary N) is 1. The van der Waals surface area contributed by atoms with Crippen molar-refractivity contribution in [1.29, 1.82) is 0 Å². The zero-order chi connectivity index (χ0) is 13.7. The van der Waals surface area contributed by atoms with Gasteiger partial charge in [0.25, 0.3) is 5.91 Å². The number of nitrogens with zero attached hydrogens (tertiary/aromatic N) is 1. The number of carbonyl (C=O) groups is 2. The van der Waals surface area contributed by atoms with E-state index < -0.39 is 5.97 Å². The summed E-state index contributed by atoms with van der Waals surface area (Å²) in [6, 6.07) is 4.40. The van der Waals surface area contributed by atoms with Crippen LogP contribution in [0.2, 0.25) is 0 Å². The van der Waals surface area contributed by atoms with E-state index in [1.54, 1.807) is 0 Å². The molecule has 1 aromatic heterocycles. The van der Waals surface area contributed by atoms with Gasteiger partial charge in [-0.25, -0.2) is 9.78 Å². The van der Waals surface area contributed by atoms with E-state index in [0.29, 0.717) is 5.92 Å². The van der Waals surface area contributed by atoms with Crippen LogP contribution < -0.4 is 5.32 Å². The van der Waals surface area contributed by atoms with Crippen LogP contribution in [-0.4, -0.2) is 28.0 Å². The molecule has 5 nitrogen and oxygen atoms in total. The molecule has 5 heteroatoms. The number of amides is 1. The molecular weight excluding hydrogens is 232 g/mol. The minimum Gasteiger partial charge on any atom is -0.477 e. The molecule has 0 fully saturated rings. The van der Waals surface area contributed by atoms with Gasteiger partial charge >= 0.3 is 5.97 Å². The maximum Gasteiger partial charge on any atom is 0.354 e. The van der Waals surface area contributed by atoms with Gasteiger partial charge in [0.2, 0.25) is 0 Å². The number of carboxylic acid groups (broad SMARTS) is 1. The summed E-state index contributed by atoms with van der Waals surface area (Å²) in [6.45, 7) is 6.02. The van der Waals surface area contributed by atoms with Crippen molar-refractivity contribution in [3.63, 3.8) is 0 Å². The molecule has 1 rings (SSSR count). The number of aromatic carboxylic acids is 1. The SMILES string of the molecule is CC[C@H](C)[C@H](C)NC(=O)c1cccc(C(=O)O)n1. The number of hydrogen-bond acceptors (Lipinski definition) is 3. The van der Waals surface area contributed by atoms with E-state index in [1.165, 1.54) is 18.2 Å². The first-order valence-corrected chi connectivity index (χ1v) is 5.97. The second-order valence-corrected chi connectivity index (χ2v) is 4.36. The predicted molar refractivity (Wildman–Crippen MR) is 67.6 cm³/mol. The van der Waals surface area contributed by atoms with Gasteiger partial charge in [0, 0.05) is 6.04 Å². The molecule has 1 aromatic rings. The first kappa shape index (κ1) is 14.2. The highest BCUT2D eigenvalue weighted by Crippen LogP contribution is 2.08. The third-order valence-electron chi connectivity index (χ3n) is 3.06. The lowest BCUT2D eigenvalue weighted by Crippen LogP contribution is -2.37. The first-order chi connectivity index (χ1) is 8.45. The molecular formula is C13H18N2O3. The van der Waals surface area contributed by atoms with Gasteiger partial charge in [-0.2, -0.15) is 0 Å². The Morgan fingerprint density at radius 1 is 1.33 bits per heavy atom. The standard InChI is InChI=1S/C13H18N2O3/c1-4-8(2)9(3)14-12(16)10-6-5-7-11(15-10)13(17)18/h5-9H,4H2,1-3H3,(H,14,16)(H,17,18)/t8-,9-/m0/s1. The molecule has 0 unspecified atom stereocenters. The Hall–Kier alpha value is -1.91. The van der Waals surface area contributed by atoms with Crippen LogP contribution in [0.15, 0.2) is 18.2 Å². The largest absolute Gasteiger partial charge is 0.477 e. The lowest BCUT2D eigenvalue weighted by molar-refractivity contribution is 0.0690. The summed E-state index contributed by atoms with van der Waals surface area (Å²) in [5.41, 5.74) is 0.00361. The maximum atomic E-state index is 11.9. The Labute approximate surface area is 106 Å². The van der Waals surface area contributed by atoms with Gasteiger partial charge < -0.3 is 10.4 Å². The minimum absolute atomic E-state index is 0.0257. The smallest absolute Gasteiger partial charge is 0.354 e. The van der Waals surface area contributed by atoms with Gasteiger partial charge in [0.05, 0.1) is 0 Å². The van der Waals surface area contributed by atoms with Crippen LogP contribution >= 0.6 is 0 Å². The Balaban J connectivity index is 2.78. The van der Waals surface area contributed by atoms with Gasteiger partial charge in [-0.3, -0.25) is 4.79 Å². The summed E-state index contributed by atoms with van der Waals surface area (Å²) < 4.78 is 0. The summed E-state index contributed by atoms with van der Waals surface area (Å²) in [6.07, 6.45) is 0.962. The molecule has 0 bridgehead atoms. The fourth-order valence-electron chi connectivity index (χ4n) is 1.46. The van der Waals surface area contributed by atoms with Crippen LogP contribution in [0, 0.1) is 5.92 Å². The Morgan fingerprint density at radius 3 is 2.50 bits per heavy atom. The van der Waals surface area contributed by atoms with E-state index in [4.69, 9.17) is 5.11 Å². The summed E-state index contributed by atoms with van der Waals surface area (Å²) in [5, 5.41) is 11.6. The van der Waals surface area contributed by atoms with Gasteiger partial charge in [0.15, 0.2) is 0 Å². The van der Waals surface area contributed by atoms with Crippen molar-refractivity contribution < 1.29 is 14.7 Å². The van der Waals surface area contributed by atoms with Crippen molar-refractivity contribution in [2.75, 3.05) is 0 Å². The van der Waals surface area contributed by atoms with E-state index >= 15 is 0 Å². The van der Waals surface area contributed by atoms with Crippen LogP contribution in [0.5, 0.6) is 0 Å². The number of aromatic nitrogens is 1. The third-order valence-corrected chi connectivity index (χ3v) is 3.06. The minimum atomic E-state index is -1.14. The second kappa shape index (κ2) is 6.14. The lowest BCUT2D eigenvalue weighted by Gasteiger charge is -2.19. The van der Waals surface area contributed by atoms with Crippen molar-refractivity contribution in [1.82, 2.24) is 10.3 Å². The predicted octanol–water partition coefficient (Wildman–Crippen LogP) is 1.94. The van der Waals surface area contributed by atoms with E-state index in [2.05, 4.69) is 17.2 Å². The van der Waals surface area contributed by atoms with E-state index in [-0.39, 0.29) is 23.3 Å². The monoisotopic (exact) mass is 250 g/mol. The van der Waals surface area contributed by atoms with E-state index in [0.717, 1.165) is 6.42 Å². The van der Waals surface area contributed by atoms with Gasteiger partial charge in [-0.05, 0) is 25.0 Å². The molecule has 2 N–H and O–H groups in total. The van der Waals surface area contributed by atoms with Crippen molar-refractivity contribution in [2.45, 2.75) is 33.2 Å². The number of rotatable bonds is 5. The fraction of sp³-hybridized carbons (Fsp3) is 0.462. The van der Waals surface area contributed by atoms with Gasteiger partial charge in [0.1, 0.15) is 11.4 Å². The maximum absolute atomic E-state index is 11.9. The highest BCUT2D eigenvalue weighted by molar-refractivity contribution is 5.94. The van der Waals surface area contributed by atoms with Crippen molar-refractivity contribution >= 4 is 11.9 Å². The summed E-state index contributed by atoms with van der Waals surface area (Å²) >= 11 is 0. The lowest BCUT2D eigenvalue weighted by atomic mass is 10.0. The van der Waals surface area contributed by atoms with Crippen molar-refractivity contribution in [3.8, 4) is 0 Å². The van der Waals surface area contributed by atoms with Crippen LogP contribution in [0.4, 0.5) is 0 Å². The van der Waals surface area contributed by atoms with E-state index in [9.17, 15) is 9.59 Å². The summed E-state index contributed by atoms with van der Waals surface area (Å²) in [5.74, 6) is -1.12. The topological polar surface area (TPSA) is 79.3 Å². The highest BCUT2D eigenvalue weighted by atomic mass is 16.4. The molecule has 0 spiro atoms. The third kappa shape index (κ3) is 3.55. The number of carboxylic acids is 1. The Morgan fingerprint density at radius 2 is 1.94 bits per heavy atom. The molecule has 0 aliphatic heterocycles. The normalized spacial score (nSPS) is 13.7. The van der Waals surface area contributed by atoms with Crippen LogP contribution in [0.25, 0.3) is 0 Å². The molecule has 1 amide bonds. The van der Waals surface area contributed by atoms with E-state index in [1.807, 2.05) is 13.8 Å². The second-order valence-electron chi connectivity index (χ2n) is 4.36. The molecule has 98 valence electrons. The first-order valence-electron chi connectivity index (χ1n) is 5.97. The molecule has 18 heavy (non-hydrogen) atoms. The Bertz CT molecular complexity index is 446. The molecule has 0 aliphatic rings. The molecule has 0 radical (unpaired) electrons. The van der Waals surface area contributed by atoms with Crippen LogP contribution in [0.3, 0.4) is 0 Å². The number of carbonyl (C=O) groups excluding carboxylic acids is 1. The Kier molecular flexibility index (Phi) is 4.83. The van der Waals surface area contributed by atoms with Crippen molar-refractivity contribution in [3.05, 3.63) is 29.6 Å². The quantitative estimate of drug-likeness (QED) is 0.837. The van der Waals surface area contributed by atoms with Crippen molar-refractivity contribution in [2.24, 2.45) is 5.92 Å².